The number of allylic oxidation sites excluding steroid dienone is 1. The van der Waals surface area contributed by atoms with E-state index in [-0.39, 0.29) is 0 Å². The lowest BCUT2D eigenvalue weighted by atomic mass is 9.92. The third-order valence-electron chi connectivity index (χ3n) is 2.43. The van der Waals surface area contributed by atoms with E-state index in [2.05, 4.69) is 17.5 Å². The molecule has 0 radical (unpaired) electrons. The molecule has 1 saturated heterocycles. The van der Waals surface area contributed by atoms with Crippen molar-refractivity contribution in [2.45, 2.75) is 25.3 Å². The van der Waals surface area contributed by atoms with E-state index in [1.54, 1.807) is 0 Å². The van der Waals surface area contributed by atoms with Crippen LogP contribution in [-0.4, -0.2) is 12.6 Å². The summed E-state index contributed by atoms with van der Waals surface area (Å²) in [4.78, 5) is 0. The van der Waals surface area contributed by atoms with Crippen LogP contribution in [0.15, 0.2) is 12.2 Å². The molecule has 2 atom stereocenters. The first kappa shape index (κ1) is 5.48. The van der Waals surface area contributed by atoms with Crippen molar-refractivity contribution in [3.05, 3.63) is 12.2 Å². The van der Waals surface area contributed by atoms with Gasteiger partial charge in [-0.15, -0.1) is 0 Å². The maximum atomic E-state index is 3.51. The van der Waals surface area contributed by atoms with Crippen LogP contribution in [0.4, 0.5) is 0 Å². The summed E-state index contributed by atoms with van der Waals surface area (Å²) < 4.78 is 0. The number of rotatable bonds is 0. The lowest BCUT2D eigenvalue weighted by molar-refractivity contribution is 0.473. The lowest BCUT2D eigenvalue weighted by Gasteiger charge is -2.18. The van der Waals surface area contributed by atoms with Gasteiger partial charge in [-0.25, -0.2) is 0 Å². The molecule has 1 fully saturated rings. The molecule has 0 amide bonds. The smallest absolute Gasteiger partial charge is 0.0133 e. The van der Waals surface area contributed by atoms with Gasteiger partial charge in [0.1, 0.15) is 0 Å². The van der Waals surface area contributed by atoms with E-state index in [9.17, 15) is 0 Å². The molecule has 1 aliphatic carbocycles. The average Bonchev–Trinajstić information content (AvgIpc) is 2.33. The molecule has 1 nitrogen and oxygen atoms in total. The van der Waals surface area contributed by atoms with Crippen molar-refractivity contribution in [1.29, 1.82) is 0 Å². The highest BCUT2D eigenvalue weighted by atomic mass is 14.9. The monoisotopic (exact) mass is 123 g/mol. The standard InChI is InChI=1S/C8H13N/c1-2-4-8-7(3-1)5-6-9-8/h1,3,7-9H,2,4-6H2/t7-,8+/m0/s1. The molecule has 1 aliphatic heterocycles. The SMILES string of the molecule is C1=C[C@H]2CCN[C@@H]2CC1. The molecule has 0 saturated carbocycles. The highest BCUT2D eigenvalue weighted by Gasteiger charge is 2.25. The van der Waals surface area contributed by atoms with Crippen LogP contribution in [0, 0.1) is 5.92 Å². The normalized spacial score (nSPS) is 40.9. The van der Waals surface area contributed by atoms with E-state index in [0.717, 1.165) is 12.0 Å². The fourth-order valence-corrected chi connectivity index (χ4v) is 1.88. The first-order valence-corrected chi connectivity index (χ1v) is 3.87. The van der Waals surface area contributed by atoms with Gasteiger partial charge in [0.2, 0.25) is 0 Å². The fourth-order valence-electron chi connectivity index (χ4n) is 1.88. The van der Waals surface area contributed by atoms with Crippen molar-refractivity contribution in [3.63, 3.8) is 0 Å². The molecule has 1 heteroatoms. The van der Waals surface area contributed by atoms with E-state index in [4.69, 9.17) is 0 Å². The van der Waals surface area contributed by atoms with E-state index < -0.39 is 0 Å². The van der Waals surface area contributed by atoms with Crippen molar-refractivity contribution in [2.75, 3.05) is 6.54 Å². The Labute approximate surface area is 56.1 Å². The molecule has 1 heterocycles. The zero-order valence-corrected chi connectivity index (χ0v) is 5.64. The van der Waals surface area contributed by atoms with Gasteiger partial charge in [-0.1, -0.05) is 12.2 Å². The van der Waals surface area contributed by atoms with Crippen LogP contribution in [-0.2, 0) is 0 Å². The Bertz CT molecular complexity index is 129. The Morgan fingerprint density at radius 1 is 1.33 bits per heavy atom. The molecular weight excluding hydrogens is 110 g/mol. The summed E-state index contributed by atoms with van der Waals surface area (Å²) in [6, 6.07) is 0.829. The largest absolute Gasteiger partial charge is 0.313 e. The predicted octanol–water partition coefficient (Wildman–Crippen LogP) is 1.31. The zero-order chi connectivity index (χ0) is 6.10. The Hall–Kier alpha value is -0.300. The first-order valence-electron chi connectivity index (χ1n) is 3.87. The maximum absolute atomic E-state index is 3.51. The number of hydrogen-bond acceptors (Lipinski definition) is 1. The van der Waals surface area contributed by atoms with E-state index in [0.29, 0.717) is 0 Å². The van der Waals surface area contributed by atoms with Crippen molar-refractivity contribution < 1.29 is 0 Å². The molecular formula is C8H13N. The molecule has 2 aliphatic rings. The molecule has 9 heavy (non-hydrogen) atoms. The molecule has 0 unspecified atom stereocenters. The Morgan fingerprint density at radius 3 is 3.22 bits per heavy atom. The van der Waals surface area contributed by atoms with Crippen LogP contribution in [0.5, 0.6) is 0 Å². The summed E-state index contributed by atoms with van der Waals surface area (Å²) in [5.41, 5.74) is 0. The summed E-state index contributed by atoms with van der Waals surface area (Å²) >= 11 is 0. The van der Waals surface area contributed by atoms with Crippen LogP contribution in [0.1, 0.15) is 19.3 Å². The first-order chi connectivity index (χ1) is 4.47. The highest BCUT2D eigenvalue weighted by Crippen LogP contribution is 2.24. The molecule has 0 aromatic rings. The van der Waals surface area contributed by atoms with Gasteiger partial charge in [-0.2, -0.15) is 0 Å². The zero-order valence-electron chi connectivity index (χ0n) is 5.64. The van der Waals surface area contributed by atoms with Gasteiger partial charge >= 0.3 is 0 Å². The summed E-state index contributed by atoms with van der Waals surface area (Å²) in [5.74, 6) is 0.874. The fraction of sp³-hybridized carbons (Fsp3) is 0.750. The number of hydrogen-bond donors (Lipinski definition) is 1. The summed E-state index contributed by atoms with van der Waals surface area (Å²) in [5, 5.41) is 3.51. The molecule has 1 N–H and O–H groups in total. The molecule has 0 aromatic heterocycles. The van der Waals surface area contributed by atoms with Crippen molar-refractivity contribution in [3.8, 4) is 0 Å². The van der Waals surface area contributed by atoms with Gasteiger partial charge in [0, 0.05) is 6.04 Å². The molecule has 0 bridgehead atoms. The molecule has 0 spiro atoms. The quantitative estimate of drug-likeness (QED) is 0.479. The Morgan fingerprint density at radius 2 is 2.33 bits per heavy atom. The second-order valence-corrected chi connectivity index (χ2v) is 3.02. The van der Waals surface area contributed by atoms with Crippen LogP contribution >= 0.6 is 0 Å². The minimum absolute atomic E-state index is 0.829. The van der Waals surface area contributed by atoms with Gasteiger partial charge in [0.15, 0.2) is 0 Å². The minimum Gasteiger partial charge on any atom is -0.313 e. The van der Waals surface area contributed by atoms with Crippen molar-refractivity contribution in [2.24, 2.45) is 5.92 Å². The highest BCUT2D eigenvalue weighted by molar-refractivity contribution is 5.03. The van der Waals surface area contributed by atoms with Crippen LogP contribution in [0.25, 0.3) is 0 Å². The van der Waals surface area contributed by atoms with E-state index in [1.807, 2.05) is 0 Å². The topological polar surface area (TPSA) is 12.0 Å². The summed E-state index contributed by atoms with van der Waals surface area (Å²) in [7, 11) is 0. The van der Waals surface area contributed by atoms with Gasteiger partial charge in [-0.05, 0) is 31.7 Å². The van der Waals surface area contributed by atoms with Crippen molar-refractivity contribution in [1.82, 2.24) is 5.32 Å². The van der Waals surface area contributed by atoms with Crippen LogP contribution in [0.2, 0.25) is 0 Å². The summed E-state index contributed by atoms with van der Waals surface area (Å²) in [6.45, 7) is 1.24. The van der Waals surface area contributed by atoms with Crippen LogP contribution in [0.3, 0.4) is 0 Å². The van der Waals surface area contributed by atoms with E-state index in [1.165, 1.54) is 25.8 Å². The van der Waals surface area contributed by atoms with Gasteiger partial charge in [-0.3, -0.25) is 0 Å². The second-order valence-electron chi connectivity index (χ2n) is 3.02. The van der Waals surface area contributed by atoms with Gasteiger partial charge in [0.25, 0.3) is 0 Å². The number of nitrogens with one attached hydrogen (secondary N) is 1. The maximum Gasteiger partial charge on any atom is 0.0133 e. The Kier molecular flexibility index (Phi) is 1.31. The van der Waals surface area contributed by atoms with Crippen LogP contribution < -0.4 is 5.32 Å². The second kappa shape index (κ2) is 2.14. The molecule has 0 aromatic carbocycles. The molecule has 2 rings (SSSR count). The summed E-state index contributed by atoms with van der Waals surface area (Å²) in [6.07, 6.45) is 8.72. The third kappa shape index (κ3) is 0.897. The van der Waals surface area contributed by atoms with E-state index >= 15 is 0 Å². The third-order valence-corrected chi connectivity index (χ3v) is 2.43. The number of fused-ring (bicyclic) bond motifs is 1. The van der Waals surface area contributed by atoms with Crippen molar-refractivity contribution >= 4 is 0 Å². The lowest BCUT2D eigenvalue weighted by Crippen LogP contribution is -2.27. The predicted molar refractivity (Wildman–Crippen MR) is 38.3 cm³/mol. The Balaban J connectivity index is 2.10. The average molecular weight is 123 g/mol. The van der Waals surface area contributed by atoms with Gasteiger partial charge in [0.05, 0.1) is 0 Å². The molecule has 50 valence electrons. The van der Waals surface area contributed by atoms with Gasteiger partial charge < -0.3 is 5.32 Å². The minimum atomic E-state index is 0.829.